The van der Waals surface area contributed by atoms with Gasteiger partial charge in [-0.25, -0.2) is 8.42 Å². The first-order valence-corrected chi connectivity index (χ1v) is 8.33. The van der Waals surface area contributed by atoms with E-state index in [9.17, 15) is 13.2 Å². The van der Waals surface area contributed by atoms with E-state index in [-0.39, 0.29) is 10.8 Å². The number of rotatable bonds is 3. The number of fused-ring (bicyclic) bond motifs is 1. The number of carbonyl (C=O) groups excluding carboxylic acids is 1. The van der Waals surface area contributed by atoms with Crippen molar-refractivity contribution < 1.29 is 13.2 Å². The Morgan fingerprint density at radius 3 is 2.45 bits per heavy atom. The highest BCUT2D eigenvalue weighted by atomic mass is 32.2. The number of carbonyl (C=O) groups is 1. The summed E-state index contributed by atoms with van der Waals surface area (Å²) in [5, 5.41) is 0. The number of amides is 1. The molecule has 1 N–H and O–H groups in total. The Labute approximate surface area is 129 Å². The van der Waals surface area contributed by atoms with Crippen molar-refractivity contribution in [3.05, 3.63) is 59.2 Å². The summed E-state index contributed by atoms with van der Waals surface area (Å²) in [7, 11) is -1.97. The quantitative estimate of drug-likeness (QED) is 0.945. The van der Waals surface area contributed by atoms with Crippen molar-refractivity contribution in [2.24, 2.45) is 0 Å². The fourth-order valence-corrected chi connectivity index (χ4v) is 3.58. The van der Waals surface area contributed by atoms with Gasteiger partial charge in [-0.05, 0) is 31.2 Å². The van der Waals surface area contributed by atoms with Crippen LogP contribution in [0.2, 0.25) is 0 Å². The lowest BCUT2D eigenvalue weighted by molar-refractivity contribution is 0.0816. The number of nitrogens with one attached hydrogen (secondary N) is 1. The van der Waals surface area contributed by atoms with Crippen LogP contribution in [0.5, 0.6) is 0 Å². The number of aryl methyl sites for hydroxylation is 1. The van der Waals surface area contributed by atoms with Crippen LogP contribution >= 0.6 is 0 Å². The van der Waals surface area contributed by atoms with E-state index >= 15 is 0 Å². The summed E-state index contributed by atoms with van der Waals surface area (Å²) >= 11 is 0. The molecular formula is C16H16N2O3S. The number of benzene rings is 2. The summed E-state index contributed by atoms with van der Waals surface area (Å²) in [5.41, 5.74) is 2.71. The van der Waals surface area contributed by atoms with Gasteiger partial charge in [0.1, 0.15) is 0 Å². The Bertz CT molecular complexity index is 842. The fourth-order valence-electron chi connectivity index (χ4n) is 2.49. The average Bonchev–Trinajstić information content (AvgIpc) is 2.76. The molecule has 0 spiro atoms. The maximum atomic E-state index is 12.5. The molecule has 2 aromatic carbocycles. The topological polar surface area (TPSA) is 66.5 Å². The van der Waals surface area contributed by atoms with Gasteiger partial charge in [0.25, 0.3) is 15.9 Å². The van der Waals surface area contributed by atoms with Gasteiger partial charge < -0.3 is 4.90 Å². The molecule has 3 rings (SSSR count). The number of hydrogen-bond donors (Lipinski definition) is 1. The molecule has 0 aliphatic carbocycles. The third-order valence-corrected chi connectivity index (χ3v) is 5.11. The van der Waals surface area contributed by atoms with E-state index in [1.165, 1.54) is 0 Å². The minimum Gasteiger partial charge on any atom is -0.337 e. The average molecular weight is 316 g/mol. The molecule has 0 saturated heterocycles. The molecule has 0 saturated carbocycles. The Kier molecular flexibility index (Phi) is 3.41. The highest BCUT2D eigenvalue weighted by molar-refractivity contribution is 7.92. The molecule has 0 bridgehead atoms. The third kappa shape index (κ3) is 2.46. The molecule has 0 atom stereocenters. The zero-order valence-corrected chi connectivity index (χ0v) is 13.1. The molecule has 1 aliphatic heterocycles. The van der Waals surface area contributed by atoms with Crippen LogP contribution in [0.1, 0.15) is 21.5 Å². The number of hydrogen-bond acceptors (Lipinski definition) is 3. The van der Waals surface area contributed by atoms with Crippen molar-refractivity contribution >= 4 is 21.6 Å². The second-order valence-electron chi connectivity index (χ2n) is 5.41. The third-order valence-electron chi connectivity index (χ3n) is 3.72. The molecule has 0 radical (unpaired) electrons. The van der Waals surface area contributed by atoms with Crippen LogP contribution in [-0.2, 0) is 16.6 Å². The lowest BCUT2D eigenvalue weighted by atomic mass is 10.1. The van der Waals surface area contributed by atoms with Gasteiger partial charge in [0.2, 0.25) is 0 Å². The summed E-state index contributed by atoms with van der Waals surface area (Å²) < 4.78 is 27.5. The lowest BCUT2D eigenvalue weighted by Gasteiger charge is -2.12. The Morgan fingerprint density at radius 1 is 1.09 bits per heavy atom. The Hall–Kier alpha value is -2.34. The van der Waals surface area contributed by atoms with Gasteiger partial charge in [0.15, 0.2) is 0 Å². The smallest absolute Gasteiger partial charge is 0.261 e. The first-order chi connectivity index (χ1) is 10.4. The molecule has 0 unspecified atom stereocenters. The van der Waals surface area contributed by atoms with Crippen LogP contribution in [0.4, 0.5) is 5.69 Å². The van der Waals surface area contributed by atoms with E-state index in [0.717, 1.165) is 5.56 Å². The first-order valence-electron chi connectivity index (χ1n) is 6.85. The van der Waals surface area contributed by atoms with Crippen LogP contribution in [0, 0.1) is 6.92 Å². The van der Waals surface area contributed by atoms with Crippen LogP contribution in [0.15, 0.2) is 47.4 Å². The lowest BCUT2D eigenvalue weighted by Crippen LogP contribution is -2.17. The number of sulfonamides is 1. The molecule has 114 valence electrons. The molecule has 2 aromatic rings. The monoisotopic (exact) mass is 316 g/mol. The Morgan fingerprint density at radius 2 is 1.77 bits per heavy atom. The van der Waals surface area contributed by atoms with Crippen LogP contribution < -0.4 is 4.72 Å². The van der Waals surface area contributed by atoms with Gasteiger partial charge in [-0.3, -0.25) is 9.52 Å². The highest BCUT2D eigenvalue weighted by Crippen LogP contribution is 2.29. The minimum atomic E-state index is -3.67. The molecule has 6 heteroatoms. The summed E-state index contributed by atoms with van der Waals surface area (Å²) in [5.74, 6) is -0.0913. The van der Waals surface area contributed by atoms with E-state index in [0.29, 0.717) is 23.4 Å². The first kappa shape index (κ1) is 14.6. The van der Waals surface area contributed by atoms with Crippen molar-refractivity contribution in [3.8, 4) is 0 Å². The van der Waals surface area contributed by atoms with Gasteiger partial charge in [0.05, 0.1) is 10.6 Å². The van der Waals surface area contributed by atoms with E-state index in [4.69, 9.17) is 0 Å². The van der Waals surface area contributed by atoms with E-state index in [1.807, 2.05) is 6.92 Å². The maximum absolute atomic E-state index is 12.5. The normalized spacial score (nSPS) is 14.1. The van der Waals surface area contributed by atoms with Crippen LogP contribution in [0.3, 0.4) is 0 Å². The summed E-state index contributed by atoms with van der Waals surface area (Å²) in [4.78, 5) is 13.7. The largest absolute Gasteiger partial charge is 0.337 e. The summed E-state index contributed by atoms with van der Waals surface area (Å²) in [6.45, 7) is 2.30. The predicted octanol–water partition coefficient (Wildman–Crippen LogP) is 2.38. The molecule has 1 aliphatic rings. The maximum Gasteiger partial charge on any atom is 0.261 e. The molecule has 5 nitrogen and oxygen atoms in total. The highest BCUT2D eigenvalue weighted by Gasteiger charge is 2.28. The molecule has 0 aromatic heterocycles. The van der Waals surface area contributed by atoms with E-state index in [1.54, 1.807) is 54.4 Å². The SMILES string of the molecule is Cc1ccc(S(=O)(=O)Nc2cccc3c2CN(C)C3=O)cc1. The fraction of sp³-hybridized carbons (Fsp3) is 0.188. The molecule has 0 fully saturated rings. The van der Waals surface area contributed by atoms with Crippen LogP contribution in [-0.4, -0.2) is 26.3 Å². The zero-order chi connectivity index (χ0) is 15.9. The second-order valence-corrected chi connectivity index (χ2v) is 7.09. The van der Waals surface area contributed by atoms with Crippen molar-refractivity contribution in [2.75, 3.05) is 11.8 Å². The van der Waals surface area contributed by atoms with Crippen molar-refractivity contribution in [1.29, 1.82) is 0 Å². The summed E-state index contributed by atoms with van der Waals surface area (Å²) in [6.07, 6.45) is 0. The molecule has 1 amide bonds. The van der Waals surface area contributed by atoms with Gasteiger partial charge in [0, 0.05) is 24.7 Å². The molecular weight excluding hydrogens is 300 g/mol. The molecule has 22 heavy (non-hydrogen) atoms. The van der Waals surface area contributed by atoms with Crippen molar-refractivity contribution in [2.45, 2.75) is 18.4 Å². The van der Waals surface area contributed by atoms with Gasteiger partial charge in [-0.2, -0.15) is 0 Å². The van der Waals surface area contributed by atoms with Gasteiger partial charge in [-0.1, -0.05) is 23.8 Å². The number of anilines is 1. The van der Waals surface area contributed by atoms with Crippen LogP contribution in [0.25, 0.3) is 0 Å². The zero-order valence-electron chi connectivity index (χ0n) is 12.3. The standard InChI is InChI=1S/C16H16N2O3S/c1-11-6-8-12(9-7-11)22(20,21)17-15-5-3-4-13-14(15)10-18(2)16(13)19/h3-9,17H,10H2,1-2H3. The number of nitrogens with zero attached hydrogens (tertiary/aromatic N) is 1. The predicted molar refractivity (Wildman–Crippen MR) is 84.2 cm³/mol. The van der Waals surface area contributed by atoms with Gasteiger partial charge in [-0.15, -0.1) is 0 Å². The minimum absolute atomic E-state index is 0.0913. The van der Waals surface area contributed by atoms with Gasteiger partial charge >= 0.3 is 0 Å². The van der Waals surface area contributed by atoms with Crippen molar-refractivity contribution in [1.82, 2.24) is 4.90 Å². The second kappa shape index (κ2) is 5.14. The van der Waals surface area contributed by atoms with E-state index < -0.39 is 10.0 Å². The van der Waals surface area contributed by atoms with Crippen molar-refractivity contribution in [3.63, 3.8) is 0 Å². The molecule has 1 heterocycles. The Balaban J connectivity index is 1.98. The van der Waals surface area contributed by atoms with E-state index in [2.05, 4.69) is 4.72 Å². The summed E-state index contributed by atoms with van der Waals surface area (Å²) in [6, 6.07) is 11.7.